The van der Waals surface area contributed by atoms with Gasteiger partial charge in [0.25, 0.3) is 5.91 Å². The second-order valence-electron chi connectivity index (χ2n) is 9.73. The molecule has 0 aliphatic carbocycles. The van der Waals surface area contributed by atoms with Crippen LogP contribution in [0.25, 0.3) is 5.57 Å². The standard InChI is InChI=1S/C31H34N2O2/c1-2-32-31(35)25-12-10-24(11-13-25)30(23-6-4-3-5-7-23)26-20-27-14-15-28(21-26)33(27)19-18-22-8-16-29(34)17-9-22/h3-13,16-17,27-28,34H,2,14-15,18-21H2,1H3,(H,32,35). The van der Waals surface area contributed by atoms with Gasteiger partial charge >= 0.3 is 0 Å². The van der Waals surface area contributed by atoms with Crippen LogP contribution < -0.4 is 5.32 Å². The van der Waals surface area contributed by atoms with Gasteiger partial charge in [0, 0.05) is 30.7 Å². The summed E-state index contributed by atoms with van der Waals surface area (Å²) in [6.07, 6.45) is 5.70. The van der Waals surface area contributed by atoms with Crippen molar-refractivity contribution < 1.29 is 9.90 Å². The number of amides is 1. The predicted molar refractivity (Wildman–Crippen MR) is 141 cm³/mol. The quantitative estimate of drug-likeness (QED) is 0.462. The van der Waals surface area contributed by atoms with Crippen molar-refractivity contribution in [2.24, 2.45) is 0 Å². The lowest BCUT2D eigenvalue weighted by atomic mass is 9.85. The van der Waals surface area contributed by atoms with Crippen LogP contribution >= 0.6 is 0 Å². The summed E-state index contributed by atoms with van der Waals surface area (Å²) in [6, 6.07) is 27.6. The number of hydrogen-bond donors (Lipinski definition) is 2. The Labute approximate surface area is 208 Å². The number of piperidine rings is 1. The third-order valence-corrected chi connectivity index (χ3v) is 7.52. The monoisotopic (exact) mass is 466 g/mol. The molecule has 2 aliphatic rings. The Morgan fingerprint density at radius 1 is 0.857 bits per heavy atom. The lowest BCUT2D eigenvalue weighted by Crippen LogP contribution is -2.41. The minimum absolute atomic E-state index is 0.0204. The fourth-order valence-corrected chi connectivity index (χ4v) is 5.83. The topological polar surface area (TPSA) is 52.6 Å². The first-order chi connectivity index (χ1) is 17.1. The average Bonchev–Trinajstić information content (AvgIpc) is 3.12. The van der Waals surface area contributed by atoms with Crippen LogP contribution in [-0.4, -0.2) is 41.1 Å². The lowest BCUT2D eigenvalue weighted by molar-refractivity contribution is 0.0956. The van der Waals surface area contributed by atoms with Gasteiger partial charge in [-0.3, -0.25) is 9.69 Å². The molecule has 1 amide bonds. The summed E-state index contributed by atoms with van der Waals surface area (Å²) in [7, 11) is 0. The van der Waals surface area contributed by atoms with E-state index in [1.807, 2.05) is 31.2 Å². The van der Waals surface area contributed by atoms with Gasteiger partial charge in [-0.15, -0.1) is 0 Å². The zero-order valence-electron chi connectivity index (χ0n) is 20.4. The van der Waals surface area contributed by atoms with E-state index in [9.17, 15) is 9.90 Å². The number of carbonyl (C=O) groups is 1. The fraction of sp³-hybridized carbons (Fsp3) is 0.323. The van der Waals surface area contributed by atoms with Crippen molar-refractivity contribution in [2.75, 3.05) is 13.1 Å². The van der Waals surface area contributed by atoms with Crippen LogP contribution in [-0.2, 0) is 6.42 Å². The van der Waals surface area contributed by atoms with Crippen molar-refractivity contribution >= 4 is 11.5 Å². The van der Waals surface area contributed by atoms with Crippen LogP contribution in [0, 0.1) is 0 Å². The van der Waals surface area contributed by atoms with Gasteiger partial charge in [-0.2, -0.15) is 0 Å². The Morgan fingerprint density at radius 2 is 1.46 bits per heavy atom. The van der Waals surface area contributed by atoms with Crippen LogP contribution in [0.1, 0.15) is 59.7 Å². The molecular formula is C31H34N2O2. The van der Waals surface area contributed by atoms with Crippen LogP contribution in [0.5, 0.6) is 5.75 Å². The number of nitrogens with zero attached hydrogens (tertiary/aromatic N) is 1. The summed E-state index contributed by atoms with van der Waals surface area (Å²) < 4.78 is 0. The van der Waals surface area contributed by atoms with Crippen molar-refractivity contribution in [3.63, 3.8) is 0 Å². The van der Waals surface area contributed by atoms with Crippen molar-refractivity contribution in [2.45, 2.75) is 51.1 Å². The number of carbonyl (C=O) groups excluding carboxylic acids is 1. The molecule has 0 aromatic heterocycles. The van der Waals surface area contributed by atoms with Gasteiger partial charge in [0.05, 0.1) is 0 Å². The highest BCUT2D eigenvalue weighted by atomic mass is 16.3. The van der Waals surface area contributed by atoms with Crippen molar-refractivity contribution in [3.8, 4) is 5.75 Å². The molecule has 180 valence electrons. The molecule has 3 aromatic rings. The Bertz CT molecular complexity index is 1170. The number of fused-ring (bicyclic) bond motifs is 2. The summed E-state index contributed by atoms with van der Waals surface area (Å²) >= 11 is 0. The maximum atomic E-state index is 12.3. The SMILES string of the molecule is CCNC(=O)c1ccc(C(=C2CC3CCC(C2)N3CCc2ccc(O)cc2)c2ccccc2)cc1. The van der Waals surface area contributed by atoms with Crippen molar-refractivity contribution in [3.05, 3.63) is 107 Å². The lowest BCUT2D eigenvalue weighted by Gasteiger charge is -2.37. The largest absolute Gasteiger partial charge is 0.508 e. The molecule has 2 heterocycles. The van der Waals surface area contributed by atoms with E-state index in [1.54, 1.807) is 12.1 Å². The zero-order valence-corrected chi connectivity index (χ0v) is 20.4. The molecule has 2 N–H and O–H groups in total. The van der Waals surface area contributed by atoms with Crippen LogP contribution in [0.15, 0.2) is 84.4 Å². The number of aromatic hydroxyl groups is 1. The van der Waals surface area contributed by atoms with E-state index in [4.69, 9.17) is 0 Å². The molecule has 0 spiro atoms. The Morgan fingerprint density at radius 3 is 2.09 bits per heavy atom. The van der Waals surface area contributed by atoms with Gasteiger partial charge in [0.2, 0.25) is 0 Å². The highest BCUT2D eigenvalue weighted by molar-refractivity contribution is 5.95. The Kier molecular flexibility index (Phi) is 7.01. The molecule has 0 radical (unpaired) electrons. The maximum Gasteiger partial charge on any atom is 0.251 e. The minimum atomic E-state index is -0.0204. The highest BCUT2D eigenvalue weighted by Crippen LogP contribution is 2.43. The first kappa shape index (κ1) is 23.4. The van der Waals surface area contributed by atoms with Crippen LogP contribution in [0.2, 0.25) is 0 Å². The van der Waals surface area contributed by atoms with E-state index in [0.717, 1.165) is 25.8 Å². The molecule has 4 nitrogen and oxygen atoms in total. The second-order valence-corrected chi connectivity index (χ2v) is 9.73. The van der Waals surface area contributed by atoms with Gasteiger partial charge in [-0.25, -0.2) is 0 Å². The van der Waals surface area contributed by atoms with Crippen LogP contribution in [0.4, 0.5) is 0 Å². The number of benzene rings is 3. The highest BCUT2D eigenvalue weighted by Gasteiger charge is 2.39. The van der Waals surface area contributed by atoms with E-state index in [1.165, 1.54) is 40.7 Å². The molecule has 4 heteroatoms. The zero-order chi connectivity index (χ0) is 24.2. The third-order valence-electron chi connectivity index (χ3n) is 7.52. The number of hydrogen-bond acceptors (Lipinski definition) is 3. The van der Waals surface area contributed by atoms with E-state index < -0.39 is 0 Å². The third kappa shape index (κ3) is 5.18. The molecular weight excluding hydrogens is 432 g/mol. The first-order valence-electron chi connectivity index (χ1n) is 12.8. The van der Waals surface area contributed by atoms with Gasteiger partial charge < -0.3 is 10.4 Å². The average molecular weight is 467 g/mol. The molecule has 2 atom stereocenters. The van der Waals surface area contributed by atoms with Crippen molar-refractivity contribution in [1.82, 2.24) is 10.2 Å². The number of phenols is 1. The number of phenolic OH excluding ortho intramolecular Hbond substituents is 1. The van der Waals surface area contributed by atoms with E-state index in [2.05, 4.69) is 52.7 Å². The number of rotatable bonds is 7. The van der Waals surface area contributed by atoms with Gasteiger partial charge in [-0.1, -0.05) is 60.2 Å². The molecule has 2 aliphatic heterocycles. The maximum absolute atomic E-state index is 12.3. The number of nitrogens with one attached hydrogen (secondary N) is 1. The summed E-state index contributed by atoms with van der Waals surface area (Å²) in [5.41, 5.74) is 7.30. The van der Waals surface area contributed by atoms with E-state index in [0.29, 0.717) is 29.9 Å². The molecule has 5 rings (SSSR count). The smallest absolute Gasteiger partial charge is 0.251 e. The van der Waals surface area contributed by atoms with Gasteiger partial charge in [0.15, 0.2) is 0 Å². The molecule has 3 aromatic carbocycles. The summed E-state index contributed by atoms with van der Waals surface area (Å²) in [6.45, 7) is 3.64. The van der Waals surface area contributed by atoms with Gasteiger partial charge in [-0.05, 0) is 85.6 Å². The normalized spacial score (nSPS) is 19.5. The fourth-order valence-electron chi connectivity index (χ4n) is 5.83. The van der Waals surface area contributed by atoms with Gasteiger partial charge in [0.1, 0.15) is 5.75 Å². The van der Waals surface area contributed by atoms with E-state index in [-0.39, 0.29) is 5.91 Å². The summed E-state index contributed by atoms with van der Waals surface area (Å²) in [4.78, 5) is 15.0. The molecule has 0 saturated carbocycles. The molecule has 2 fully saturated rings. The second kappa shape index (κ2) is 10.5. The Balaban J connectivity index is 1.40. The molecule has 2 unspecified atom stereocenters. The molecule has 2 bridgehead atoms. The van der Waals surface area contributed by atoms with Crippen LogP contribution in [0.3, 0.4) is 0 Å². The van der Waals surface area contributed by atoms with E-state index >= 15 is 0 Å². The molecule has 2 saturated heterocycles. The molecule has 35 heavy (non-hydrogen) atoms. The Hall–Kier alpha value is -3.37. The first-order valence-corrected chi connectivity index (χ1v) is 12.8. The summed E-state index contributed by atoms with van der Waals surface area (Å²) in [5.74, 6) is 0.307. The predicted octanol–water partition coefficient (Wildman–Crippen LogP) is 5.81. The summed E-state index contributed by atoms with van der Waals surface area (Å²) in [5, 5.41) is 12.5. The van der Waals surface area contributed by atoms with Crippen molar-refractivity contribution in [1.29, 1.82) is 0 Å². The minimum Gasteiger partial charge on any atom is -0.508 e.